The summed E-state index contributed by atoms with van der Waals surface area (Å²) in [6.07, 6.45) is -3.43. The first kappa shape index (κ1) is 26.9. The first-order valence-corrected chi connectivity index (χ1v) is 11.7. The van der Waals surface area contributed by atoms with Gasteiger partial charge in [-0.1, -0.05) is 49.7 Å². The van der Waals surface area contributed by atoms with E-state index in [0.29, 0.717) is 23.2 Å². The monoisotopic (exact) mass is 497 g/mol. The van der Waals surface area contributed by atoms with Gasteiger partial charge in [-0.05, 0) is 60.7 Å². The number of amides is 2. The molecule has 36 heavy (non-hydrogen) atoms. The molecule has 1 atom stereocenters. The van der Waals surface area contributed by atoms with E-state index in [1.54, 1.807) is 37.1 Å². The number of nitrogens with zero attached hydrogens (tertiary/aromatic N) is 2. The molecule has 0 aliphatic heterocycles. The van der Waals surface area contributed by atoms with Gasteiger partial charge in [0.05, 0.1) is 6.04 Å². The molecule has 8 heteroatoms. The van der Waals surface area contributed by atoms with E-state index in [9.17, 15) is 22.8 Å². The number of alkyl halides is 3. The van der Waals surface area contributed by atoms with Gasteiger partial charge in [0.2, 0.25) is 0 Å². The molecule has 3 rings (SSSR count). The molecule has 2 aromatic carbocycles. The highest BCUT2D eigenvalue weighted by atomic mass is 19.4. The number of rotatable bonds is 7. The van der Waals surface area contributed by atoms with Gasteiger partial charge in [-0.15, -0.1) is 0 Å². The van der Waals surface area contributed by atoms with Crippen LogP contribution in [0.15, 0.2) is 60.8 Å². The van der Waals surface area contributed by atoms with Crippen molar-refractivity contribution in [3.63, 3.8) is 0 Å². The number of benzene rings is 2. The summed E-state index contributed by atoms with van der Waals surface area (Å²) in [4.78, 5) is 31.4. The number of aromatic nitrogens is 1. The first-order valence-electron chi connectivity index (χ1n) is 11.7. The van der Waals surface area contributed by atoms with Crippen molar-refractivity contribution >= 4 is 11.8 Å². The van der Waals surface area contributed by atoms with Gasteiger partial charge in [-0.25, -0.2) is 0 Å². The Bertz CT molecular complexity index is 1220. The molecule has 0 fully saturated rings. The van der Waals surface area contributed by atoms with E-state index in [4.69, 9.17) is 0 Å². The number of hydrogen-bond donors (Lipinski definition) is 1. The third kappa shape index (κ3) is 6.71. The smallest absolute Gasteiger partial charge is 0.345 e. The van der Waals surface area contributed by atoms with E-state index in [1.165, 1.54) is 6.07 Å². The fourth-order valence-electron chi connectivity index (χ4n) is 3.84. The van der Waals surface area contributed by atoms with Crippen molar-refractivity contribution < 1.29 is 22.8 Å². The second-order valence-corrected chi connectivity index (χ2v) is 9.41. The van der Waals surface area contributed by atoms with Crippen LogP contribution in [0.5, 0.6) is 0 Å². The highest BCUT2D eigenvalue weighted by molar-refractivity contribution is 6.01. The van der Waals surface area contributed by atoms with Gasteiger partial charge in [-0.3, -0.25) is 14.6 Å². The Morgan fingerprint density at radius 3 is 2.14 bits per heavy atom. The number of carbonyl (C=O) groups is 2. The van der Waals surface area contributed by atoms with Crippen LogP contribution in [0.4, 0.5) is 13.2 Å². The van der Waals surface area contributed by atoms with E-state index in [-0.39, 0.29) is 17.4 Å². The predicted molar refractivity (Wildman–Crippen MR) is 134 cm³/mol. The Morgan fingerprint density at radius 1 is 0.944 bits per heavy atom. The Labute approximate surface area is 209 Å². The summed E-state index contributed by atoms with van der Waals surface area (Å²) in [5.41, 5.74) is 2.75. The highest BCUT2D eigenvalue weighted by Crippen LogP contribution is 2.28. The lowest BCUT2D eigenvalue weighted by Crippen LogP contribution is -2.31. The number of hydrogen-bond acceptors (Lipinski definition) is 3. The number of nitrogens with one attached hydrogen (secondary N) is 1. The minimum atomic E-state index is -4.53. The Hall–Kier alpha value is -3.68. The molecule has 0 aliphatic rings. The molecule has 1 N–H and O–H groups in total. The first-order chi connectivity index (χ1) is 16.8. The fourth-order valence-corrected chi connectivity index (χ4v) is 3.84. The summed E-state index contributed by atoms with van der Waals surface area (Å²) < 4.78 is 38.5. The zero-order valence-corrected chi connectivity index (χ0v) is 21.0. The summed E-state index contributed by atoms with van der Waals surface area (Å²) in [5, 5.41) is 2.80. The Kier molecular flexibility index (Phi) is 8.17. The zero-order valence-electron chi connectivity index (χ0n) is 21.0. The molecular weight excluding hydrogens is 467 g/mol. The van der Waals surface area contributed by atoms with Crippen LogP contribution in [0.1, 0.15) is 64.3 Å². The van der Waals surface area contributed by atoms with Gasteiger partial charge in [-0.2, -0.15) is 13.2 Å². The standard InChI is InChI=1S/C28H30F3N3O2/c1-17(2)16-34(5)27(36)24-13-22(20-8-6-18(3)7-9-20)12-23(14-24)26(35)33-19(4)21-10-11-25(32-15-21)28(29,30)31/h6-15,17,19H,16H2,1-5H3,(H,33,35)/t19-/m1/s1. The molecule has 3 aromatic rings. The predicted octanol–water partition coefficient (Wildman–Crippen LogP) is 6.29. The Balaban J connectivity index is 1.92. The van der Waals surface area contributed by atoms with Crippen molar-refractivity contribution in [2.24, 2.45) is 5.92 Å². The number of halogens is 3. The van der Waals surface area contributed by atoms with Crippen LogP contribution < -0.4 is 5.32 Å². The highest BCUT2D eigenvalue weighted by Gasteiger charge is 2.32. The normalized spacial score (nSPS) is 12.4. The zero-order chi connectivity index (χ0) is 26.6. The van der Waals surface area contributed by atoms with Crippen LogP contribution in [0.3, 0.4) is 0 Å². The molecule has 0 unspecified atom stereocenters. The molecule has 190 valence electrons. The minimum Gasteiger partial charge on any atom is -0.345 e. The van der Waals surface area contributed by atoms with Crippen molar-refractivity contribution in [2.75, 3.05) is 13.6 Å². The van der Waals surface area contributed by atoms with Crippen LogP contribution >= 0.6 is 0 Å². The second kappa shape index (κ2) is 10.9. The number of carbonyl (C=O) groups excluding carboxylic acids is 2. The van der Waals surface area contributed by atoms with E-state index in [1.807, 2.05) is 45.0 Å². The van der Waals surface area contributed by atoms with E-state index in [0.717, 1.165) is 23.4 Å². The lowest BCUT2D eigenvalue weighted by molar-refractivity contribution is -0.141. The second-order valence-electron chi connectivity index (χ2n) is 9.41. The van der Waals surface area contributed by atoms with Crippen LogP contribution in [-0.4, -0.2) is 35.3 Å². The maximum atomic E-state index is 13.2. The van der Waals surface area contributed by atoms with Gasteiger partial charge >= 0.3 is 6.18 Å². The largest absolute Gasteiger partial charge is 0.433 e. The third-order valence-electron chi connectivity index (χ3n) is 5.74. The molecule has 0 bridgehead atoms. The summed E-state index contributed by atoms with van der Waals surface area (Å²) in [6, 6.07) is 14.4. The van der Waals surface area contributed by atoms with Crippen LogP contribution in [0, 0.1) is 12.8 Å². The quantitative estimate of drug-likeness (QED) is 0.417. The topological polar surface area (TPSA) is 62.3 Å². The molecule has 1 aromatic heterocycles. The van der Waals surface area contributed by atoms with Gasteiger partial charge < -0.3 is 10.2 Å². The number of aryl methyl sites for hydroxylation is 1. The van der Waals surface area contributed by atoms with Crippen molar-refractivity contribution in [3.05, 3.63) is 88.7 Å². The molecule has 1 heterocycles. The van der Waals surface area contributed by atoms with E-state index in [2.05, 4.69) is 10.3 Å². The SMILES string of the molecule is Cc1ccc(-c2cc(C(=O)N[C@H](C)c3ccc(C(F)(F)F)nc3)cc(C(=O)N(C)CC(C)C)c2)cc1. The maximum Gasteiger partial charge on any atom is 0.433 e. The molecular formula is C28H30F3N3O2. The van der Waals surface area contributed by atoms with Gasteiger partial charge in [0.1, 0.15) is 5.69 Å². The summed E-state index contributed by atoms with van der Waals surface area (Å²) in [6.45, 7) is 8.23. The average molecular weight is 498 g/mol. The van der Waals surface area contributed by atoms with Gasteiger partial charge in [0.25, 0.3) is 11.8 Å². The minimum absolute atomic E-state index is 0.202. The van der Waals surface area contributed by atoms with Crippen LogP contribution in [-0.2, 0) is 6.18 Å². The molecule has 5 nitrogen and oxygen atoms in total. The lowest BCUT2D eigenvalue weighted by Gasteiger charge is -2.21. The van der Waals surface area contributed by atoms with Crippen LogP contribution in [0.2, 0.25) is 0 Å². The Morgan fingerprint density at radius 2 is 1.58 bits per heavy atom. The summed E-state index contributed by atoms with van der Waals surface area (Å²) >= 11 is 0. The summed E-state index contributed by atoms with van der Waals surface area (Å²) in [5.74, 6) is -0.371. The average Bonchev–Trinajstić information content (AvgIpc) is 2.82. The van der Waals surface area contributed by atoms with Crippen molar-refractivity contribution in [1.82, 2.24) is 15.2 Å². The number of pyridine rings is 1. The molecule has 0 spiro atoms. The maximum absolute atomic E-state index is 13.2. The van der Waals surface area contributed by atoms with E-state index < -0.39 is 23.8 Å². The van der Waals surface area contributed by atoms with Crippen LogP contribution in [0.25, 0.3) is 11.1 Å². The third-order valence-corrected chi connectivity index (χ3v) is 5.74. The fraction of sp³-hybridized carbons (Fsp3) is 0.321. The molecule has 0 saturated carbocycles. The molecule has 0 saturated heterocycles. The molecule has 0 radical (unpaired) electrons. The molecule has 2 amide bonds. The van der Waals surface area contributed by atoms with E-state index >= 15 is 0 Å². The van der Waals surface area contributed by atoms with Gasteiger partial charge in [0, 0.05) is 30.9 Å². The van der Waals surface area contributed by atoms with Gasteiger partial charge in [0.15, 0.2) is 0 Å². The van der Waals surface area contributed by atoms with Crippen molar-refractivity contribution in [2.45, 2.75) is 39.9 Å². The van der Waals surface area contributed by atoms with Crippen molar-refractivity contribution in [3.8, 4) is 11.1 Å². The lowest BCUT2D eigenvalue weighted by atomic mass is 9.97. The van der Waals surface area contributed by atoms with Crippen molar-refractivity contribution in [1.29, 1.82) is 0 Å². The molecule has 0 aliphatic carbocycles. The summed E-state index contributed by atoms with van der Waals surface area (Å²) in [7, 11) is 1.72.